The fourth-order valence-corrected chi connectivity index (χ4v) is 3.49. The molecular formula is C22H29N3O. The molecule has 0 saturated carbocycles. The van der Waals surface area contributed by atoms with E-state index in [9.17, 15) is 4.79 Å². The van der Waals surface area contributed by atoms with E-state index in [1.807, 2.05) is 23.1 Å². The van der Waals surface area contributed by atoms with Crippen molar-refractivity contribution in [2.45, 2.75) is 33.2 Å². The molecule has 0 atom stereocenters. The summed E-state index contributed by atoms with van der Waals surface area (Å²) in [6, 6.07) is 16.7. The van der Waals surface area contributed by atoms with E-state index in [0.717, 1.165) is 38.4 Å². The highest BCUT2D eigenvalue weighted by molar-refractivity contribution is 5.90. The Labute approximate surface area is 156 Å². The molecule has 138 valence electrons. The molecule has 0 radical (unpaired) electrons. The fourth-order valence-electron chi connectivity index (χ4n) is 3.49. The van der Waals surface area contributed by atoms with Gasteiger partial charge in [0.1, 0.15) is 0 Å². The summed E-state index contributed by atoms with van der Waals surface area (Å²) >= 11 is 0. The van der Waals surface area contributed by atoms with Crippen LogP contribution in [0.4, 0.5) is 10.5 Å². The van der Waals surface area contributed by atoms with Crippen molar-refractivity contribution in [3.05, 3.63) is 65.2 Å². The third-order valence-corrected chi connectivity index (χ3v) is 4.97. The molecule has 0 bridgehead atoms. The zero-order chi connectivity index (χ0) is 18.5. The van der Waals surface area contributed by atoms with Gasteiger partial charge in [0, 0.05) is 38.4 Å². The van der Waals surface area contributed by atoms with E-state index in [1.54, 1.807) is 0 Å². The summed E-state index contributed by atoms with van der Waals surface area (Å²) in [6.07, 6.45) is 0. The quantitative estimate of drug-likeness (QED) is 0.882. The maximum absolute atomic E-state index is 12.6. The lowest BCUT2D eigenvalue weighted by Crippen LogP contribution is -2.49. The number of rotatable bonds is 4. The third-order valence-electron chi connectivity index (χ3n) is 4.97. The van der Waals surface area contributed by atoms with Gasteiger partial charge in [-0.15, -0.1) is 0 Å². The highest BCUT2D eigenvalue weighted by Gasteiger charge is 2.22. The zero-order valence-electron chi connectivity index (χ0n) is 16.0. The Morgan fingerprint density at radius 1 is 1.04 bits per heavy atom. The Morgan fingerprint density at radius 2 is 1.77 bits per heavy atom. The van der Waals surface area contributed by atoms with E-state index in [0.29, 0.717) is 5.92 Å². The molecule has 1 aliphatic rings. The molecular weight excluding hydrogens is 322 g/mol. The summed E-state index contributed by atoms with van der Waals surface area (Å²) in [4.78, 5) is 17.0. The minimum Gasteiger partial charge on any atom is -0.322 e. The first kappa shape index (κ1) is 18.5. The van der Waals surface area contributed by atoms with Gasteiger partial charge in [0.15, 0.2) is 0 Å². The standard InChI is InChI=1S/C22H29N3O/c1-17(2)20-9-4-5-10-21(20)23-22(26)25-13-11-24(12-14-25)16-19-8-6-7-18(3)15-19/h4-10,15,17H,11-14,16H2,1-3H3,(H,23,26). The van der Waals surface area contributed by atoms with Crippen molar-refractivity contribution in [2.24, 2.45) is 0 Å². The molecule has 1 heterocycles. The van der Waals surface area contributed by atoms with Gasteiger partial charge in [-0.05, 0) is 30.0 Å². The Bertz CT molecular complexity index is 749. The van der Waals surface area contributed by atoms with Crippen molar-refractivity contribution in [3.8, 4) is 0 Å². The highest BCUT2D eigenvalue weighted by atomic mass is 16.2. The van der Waals surface area contributed by atoms with Crippen molar-refractivity contribution >= 4 is 11.7 Å². The molecule has 3 rings (SSSR count). The molecule has 4 nitrogen and oxygen atoms in total. The Balaban J connectivity index is 1.54. The summed E-state index contributed by atoms with van der Waals surface area (Å²) in [5, 5.41) is 3.10. The number of carbonyl (C=O) groups excluding carboxylic acids is 1. The predicted octanol–water partition coefficient (Wildman–Crippen LogP) is 4.47. The van der Waals surface area contributed by atoms with Crippen molar-refractivity contribution in [1.29, 1.82) is 0 Å². The van der Waals surface area contributed by atoms with Crippen LogP contribution in [0.1, 0.15) is 36.5 Å². The molecule has 1 saturated heterocycles. The van der Waals surface area contributed by atoms with Crippen LogP contribution in [-0.4, -0.2) is 42.0 Å². The molecule has 0 aromatic heterocycles. The largest absolute Gasteiger partial charge is 0.322 e. The van der Waals surface area contributed by atoms with Gasteiger partial charge in [0.05, 0.1) is 0 Å². The number of nitrogens with zero attached hydrogens (tertiary/aromatic N) is 2. The molecule has 2 aromatic rings. The summed E-state index contributed by atoms with van der Waals surface area (Å²) in [5.41, 5.74) is 4.74. The fraction of sp³-hybridized carbons (Fsp3) is 0.409. The molecule has 1 N–H and O–H groups in total. The highest BCUT2D eigenvalue weighted by Crippen LogP contribution is 2.24. The predicted molar refractivity (Wildman–Crippen MR) is 108 cm³/mol. The van der Waals surface area contributed by atoms with Gasteiger partial charge in [-0.25, -0.2) is 4.79 Å². The number of piperazine rings is 1. The number of amides is 2. The number of hydrogen-bond acceptors (Lipinski definition) is 2. The second kappa shape index (κ2) is 8.37. The van der Waals surface area contributed by atoms with Crippen LogP contribution in [-0.2, 0) is 6.54 Å². The SMILES string of the molecule is Cc1cccc(CN2CCN(C(=O)Nc3ccccc3C(C)C)CC2)c1. The molecule has 0 spiro atoms. The Morgan fingerprint density at radius 3 is 2.46 bits per heavy atom. The lowest BCUT2D eigenvalue weighted by molar-refractivity contribution is 0.143. The van der Waals surface area contributed by atoms with E-state index >= 15 is 0 Å². The molecule has 1 fully saturated rings. The van der Waals surface area contributed by atoms with Crippen LogP contribution in [0, 0.1) is 6.92 Å². The summed E-state index contributed by atoms with van der Waals surface area (Å²) in [7, 11) is 0. The molecule has 0 aliphatic carbocycles. The average Bonchev–Trinajstić information content (AvgIpc) is 2.62. The van der Waals surface area contributed by atoms with E-state index in [2.05, 4.69) is 61.3 Å². The van der Waals surface area contributed by atoms with Crippen molar-refractivity contribution in [3.63, 3.8) is 0 Å². The van der Waals surface area contributed by atoms with Crippen molar-refractivity contribution in [1.82, 2.24) is 9.80 Å². The Hall–Kier alpha value is -2.33. The van der Waals surface area contributed by atoms with Crippen LogP contribution in [0.5, 0.6) is 0 Å². The first-order valence-electron chi connectivity index (χ1n) is 9.45. The first-order valence-corrected chi connectivity index (χ1v) is 9.45. The lowest BCUT2D eigenvalue weighted by atomic mass is 10.0. The maximum atomic E-state index is 12.6. The van der Waals surface area contributed by atoms with Crippen molar-refractivity contribution in [2.75, 3.05) is 31.5 Å². The molecule has 26 heavy (non-hydrogen) atoms. The van der Waals surface area contributed by atoms with Crippen LogP contribution < -0.4 is 5.32 Å². The van der Waals surface area contributed by atoms with Gasteiger partial charge in [-0.2, -0.15) is 0 Å². The van der Waals surface area contributed by atoms with Crippen LogP contribution in [0.15, 0.2) is 48.5 Å². The zero-order valence-corrected chi connectivity index (χ0v) is 16.0. The van der Waals surface area contributed by atoms with Gasteiger partial charge < -0.3 is 10.2 Å². The normalized spacial score (nSPS) is 15.3. The molecule has 1 aliphatic heterocycles. The molecule has 0 unspecified atom stereocenters. The number of benzene rings is 2. The van der Waals surface area contributed by atoms with E-state index in [1.165, 1.54) is 16.7 Å². The number of urea groups is 1. The van der Waals surface area contributed by atoms with Gasteiger partial charge in [0.25, 0.3) is 0 Å². The summed E-state index contributed by atoms with van der Waals surface area (Å²) in [5.74, 6) is 0.387. The minimum atomic E-state index is 0.00769. The number of aryl methyl sites for hydroxylation is 1. The lowest BCUT2D eigenvalue weighted by Gasteiger charge is -2.35. The number of carbonyl (C=O) groups is 1. The first-order chi connectivity index (χ1) is 12.5. The van der Waals surface area contributed by atoms with Gasteiger partial charge in [-0.3, -0.25) is 4.90 Å². The van der Waals surface area contributed by atoms with E-state index in [4.69, 9.17) is 0 Å². The Kier molecular flexibility index (Phi) is 5.94. The summed E-state index contributed by atoms with van der Waals surface area (Å²) < 4.78 is 0. The second-order valence-electron chi connectivity index (χ2n) is 7.42. The summed E-state index contributed by atoms with van der Waals surface area (Å²) in [6.45, 7) is 10.7. The van der Waals surface area contributed by atoms with Crippen LogP contribution >= 0.6 is 0 Å². The number of nitrogens with one attached hydrogen (secondary N) is 1. The van der Waals surface area contributed by atoms with Crippen LogP contribution in [0.3, 0.4) is 0 Å². The number of hydrogen-bond donors (Lipinski definition) is 1. The van der Waals surface area contributed by atoms with Crippen molar-refractivity contribution < 1.29 is 4.79 Å². The van der Waals surface area contributed by atoms with Crippen LogP contribution in [0.25, 0.3) is 0 Å². The molecule has 2 aromatic carbocycles. The molecule has 2 amide bonds. The van der Waals surface area contributed by atoms with E-state index in [-0.39, 0.29) is 6.03 Å². The third kappa shape index (κ3) is 4.64. The van der Waals surface area contributed by atoms with Gasteiger partial charge >= 0.3 is 6.03 Å². The van der Waals surface area contributed by atoms with Gasteiger partial charge in [0.2, 0.25) is 0 Å². The van der Waals surface area contributed by atoms with E-state index < -0.39 is 0 Å². The molecule has 4 heteroatoms. The second-order valence-corrected chi connectivity index (χ2v) is 7.42. The van der Waals surface area contributed by atoms with Crippen LogP contribution in [0.2, 0.25) is 0 Å². The monoisotopic (exact) mass is 351 g/mol. The topological polar surface area (TPSA) is 35.6 Å². The maximum Gasteiger partial charge on any atom is 0.321 e. The smallest absolute Gasteiger partial charge is 0.321 e. The number of anilines is 1. The number of para-hydroxylation sites is 1. The average molecular weight is 351 g/mol. The van der Waals surface area contributed by atoms with Gasteiger partial charge in [-0.1, -0.05) is 61.9 Å². The minimum absolute atomic E-state index is 0.00769.